The summed E-state index contributed by atoms with van der Waals surface area (Å²) < 4.78 is 63.9. The van der Waals surface area contributed by atoms with Gasteiger partial charge in [-0.15, -0.1) is 0 Å². The summed E-state index contributed by atoms with van der Waals surface area (Å²) >= 11 is 17.0. The highest BCUT2D eigenvalue weighted by Gasteiger charge is 2.39. The molecule has 0 saturated carbocycles. The zero-order chi connectivity index (χ0) is 20.0. The lowest BCUT2D eigenvalue weighted by atomic mass is 10.1. The molecule has 2 aromatic rings. The molecule has 1 aromatic heterocycles. The highest BCUT2D eigenvalue weighted by molar-refractivity contribution is 7.59. The molecule has 0 aliphatic rings. The number of rotatable bonds is 3. The lowest BCUT2D eigenvalue weighted by Gasteiger charge is -2.08. The molecule has 2 rings (SSSR count). The quantitative estimate of drug-likeness (QED) is 0.491. The molecule has 26 heavy (non-hydrogen) atoms. The normalized spacial score (nSPS) is 13.4. The van der Waals surface area contributed by atoms with E-state index >= 15 is 0 Å². The first kappa shape index (κ1) is 21.2. The molecule has 0 spiro atoms. The minimum Gasteiger partial charge on any atom is -0.320 e. The third kappa shape index (κ3) is 4.24. The molecule has 0 saturated heterocycles. The van der Waals surface area contributed by atoms with Gasteiger partial charge in [0.05, 0.1) is 10.0 Å². The molecule has 5 nitrogen and oxygen atoms in total. The molecule has 13 heteroatoms. The summed E-state index contributed by atoms with van der Waals surface area (Å²) in [5.74, 6) is -1.03. The van der Waals surface area contributed by atoms with Crippen molar-refractivity contribution in [2.45, 2.75) is 6.18 Å². The van der Waals surface area contributed by atoms with Crippen LogP contribution in [0.3, 0.4) is 0 Å². The second-order valence-corrected chi connectivity index (χ2v) is 8.02. The maximum absolute atomic E-state index is 14.2. The first-order chi connectivity index (χ1) is 11.7. The van der Waals surface area contributed by atoms with Crippen molar-refractivity contribution in [1.82, 2.24) is 9.78 Å². The summed E-state index contributed by atoms with van der Waals surface area (Å²) in [4.78, 5) is 18.0. The van der Waals surface area contributed by atoms with Crippen LogP contribution in [0.4, 0.5) is 17.6 Å². The first-order valence-electron chi connectivity index (χ1n) is 6.46. The number of benzene rings is 1. The minimum absolute atomic E-state index is 0.147. The van der Waals surface area contributed by atoms with Gasteiger partial charge >= 0.3 is 13.8 Å². The number of hydrogen-bond acceptors (Lipinski definition) is 2. The van der Waals surface area contributed by atoms with Crippen LogP contribution in [0, 0.1) is 5.82 Å². The summed E-state index contributed by atoms with van der Waals surface area (Å²) in [5.41, 5.74) is -2.40. The standard InChI is InChI=1S/C13H8Cl3F4N2O3P/c1-22-12(13(18,19)20)10(16)11(21-22)6-2-5(7(14)4-8(6)17)3-9(15)26(23,24)25/h2-4H,1H3,(H2,23,24,25)/b9-3+. The van der Waals surface area contributed by atoms with Gasteiger partial charge < -0.3 is 9.79 Å². The van der Waals surface area contributed by atoms with E-state index < -0.39 is 46.3 Å². The van der Waals surface area contributed by atoms with Crippen LogP contribution in [0.25, 0.3) is 17.3 Å². The molecular formula is C13H8Cl3F4N2O3P. The van der Waals surface area contributed by atoms with E-state index in [1.165, 1.54) is 0 Å². The Hall–Kier alpha value is -1.09. The van der Waals surface area contributed by atoms with Gasteiger partial charge in [-0.3, -0.25) is 9.25 Å². The van der Waals surface area contributed by atoms with Crippen LogP contribution in [0.15, 0.2) is 16.9 Å². The zero-order valence-corrected chi connectivity index (χ0v) is 15.7. The third-order valence-electron chi connectivity index (χ3n) is 3.15. The molecule has 0 radical (unpaired) electrons. The number of hydrogen-bond donors (Lipinski definition) is 2. The van der Waals surface area contributed by atoms with Crippen LogP contribution in [0.5, 0.6) is 0 Å². The zero-order valence-electron chi connectivity index (χ0n) is 12.5. The molecular weight excluding hydrogens is 445 g/mol. The molecule has 0 unspecified atom stereocenters. The topological polar surface area (TPSA) is 75.4 Å². The Morgan fingerprint density at radius 2 is 1.88 bits per heavy atom. The van der Waals surface area contributed by atoms with Gasteiger partial charge in [0.1, 0.15) is 16.3 Å². The van der Waals surface area contributed by atoms with E-state index in [0.717, 1.165) is 25.3 Å². The lowest BCUT2D eigenvalue weighted by molar-refractivity contribution is -0.143. The van der Waals surface area contributed by atoms with Crippen molar-refractivity contribution in [3.63, 3.8) is 0 Å². The number of aryl methyl sites for hydroxylation is 1. The Bertz CT molecular complexity index is 953. The van der Waals surface area contributed by atoms with Gasteiger partial charge in [-0.05, 0) is 23.8 Å². The van der Waals surface area contributed by atoms with E-state index in [0.29, 0.717) is 4.68 Å². The molecule has 142 valence electrons. The summed E-state index contributed by atoms with van der Waals surface area (Å²) in [6.45, 7) is 0. The fourth-order valence-corrected chi connectivity index (χ4v) is 3.05. The Morgan fingerprint density at radius 1 is 1.31 bits per heavy atom. The molecule has 2 N–H and O–H groups in total. The summed E-state index contributed by atoms with van der Waals surface area (Å²) in [6.07, 6.45) is -4.05. The predicted octanol–water partition coefficient (Wildman–Crippen LogP) is 5.27. The largest absolute Gasteiger partial charge is 0.434 e. The Kier molecular flexibility index (Phi) is 5.83. The number of halogens is 7. The van der Waals surface area contributed by atoms with Gasteiger partial charge in [0.25, 0.3) is 0 Å². The second kappa shape index (κ2) is 7.14. The maximum Gasteiger partial charge on any atom is 0.434 e. The van der Waals surface area contributed by atoms with E-state index in [2.05, 4.69) is 5.10 Å². The van der Waals surface area contributed by atoms with Gasteiger partial charge in [-0.2, -0.15) is 18.3 Å². The molecule has 0 bridgehead atoms. The molecule has 0 amide bonds. The Balaban J connectivity index is 2.70. The van der Waals surface area contributed by atoms with E-state index in [4.69, 9.17) is 44.6 Å². The van der Waals surface area contributed by atoms with Gasteiger partial charge in [-0.25, -0.2) is 4.39 Å². The fraction of sp³-hybridized carbons (Fsp3) is 0.154. The number of aromatic nitrogens is 2. The highest BCUT2D eigenvalue weighted by atomic mass is 35.5. The van der Waals surface area contributed by atoms with Crippen LogP contribution in [0.2, 0.25) is 10.0 Å². The van der Waals surface area contributed by atoms with Crippen molar-refractivity contribution < 1.29 is 31.9 Å². The van der Waals surface area contributed by atoms with Crippen molar-refractivity contribution in [3.8, 4) is 11.3 Å². The van der Waals surface area contributed by atoms with Crippen molar-refractivity contribution in [2.75, 3.05) is 0 Å². The van der Waals surface area contributed by atoms with Crippen LogP contribution in [-0.4, -0.2) is 19.6 Å². The monoisotopic (exact) mass is 452 g/mol. The third-order valence-corrected chi connectivity index (χ3v) is 5.29. The van der Waals surface area contributed by atoms with Crippen molar-refractivity contribution in [2.24, 2.45) is 7.05 Å². The molecule has 0 aliphatic heterocycles. The van der Waals surface area contributed by atoms with Gasteiger partial charge in [0.15, 0.2) is 5.69 Å². The molecule has 0 aliphatic carbocycles. The summed E-state index contributed by atoms with van der Waals surface area (Å²) in [5, 5.41) is 2.47. The fourth-order valence-electron chi connectivity index (χ4n) is 2.05. The van der Waals surface area contributed by atoms with Crippen LogP contribution in [-0.2, 0) is 17.8 Å². The van der Waals surface area contributed by atoms with Crippen LogP contribution >= 0.6 is 42.4 Å². The van der Waals surface area contributed by atoms with Gasteiger partial charge in [0.2, 0.25) is 0 Å². The van der Waals surface area contributed by atoms with Gasteiger partial charge in [-0.1, -0.05) is 34.8 Å². The van der Waals surface area contributed by atoms with E-state index in [9.17, 15) is 22.1 Å². The molecule has 0 fully saturated rings. The predicted molar refractivity (Wildman–Crippen MR) is 89.5 cm³/mol. The van der Waals surface area contributed by atoms with Gasteiger partial charge in [0, 0.05) is 12.6 Å². The Morgan fingerprint density at radius 3 is 2.35 bits per heavy atom. The average molecular weight is 454 g/mol. The lowest BCUT2D eigenvalue weighted by Crippen LogP contribution is -2.12. The maximum atomic E-state index is 14.2. The SMILES string of the molecule is Cn1nc(-c2cc(/C=C(\Cl)P(=O)(O)O)c(Cl)cc2F)c(Cl)c1C(F)(F)F. The van der Waals surface area contributed by atoms with E-state index in [1.807, 2.05) is 0 Å². The average Bonchev–Trinajstić information content (AvgIpc) is 2.75. The number of alkyl halides is 3. The van der Waals surface area contributed by atoms with E-state index in [1.54, 1.807) is 0 Å². The first-order valence-corrected chi connectivity index (χ1v) is 9.20. The van der Waals surface area contributed by atoms with Crippen LogP contribution in [0.1, 0.15) is 11.3 Å². The smallest absolute Gasteiger partial charge is 0.320 e. The Labute approximate surface area is 158 Å². The van der Waals surface area contributed by atoms with Crippen molar-refractivity contribution >= 4 is 48.5 Å². The number of nitrogens with zero attached hydrogens (tertiary/aromatic N) is 2. The molecule has 1 heterocycles. The summed E-state index contributed by atoms with van der Waals surface area (Å²) in [7, 11) is -3.81. The summed E-state index contributed by atoms with van der Waals surface area (Å²) in [6, 6.07) is 1.68. The van der Waals surface area contributed by atoms with Crippen molar-refractivity contribution in [3.05, 3.63) is 44.0 Å². The minimum atomic E-state index is -4.83. The molecule has 1 aromatic carbocycles. The second-order valence-electron chi connectivity index (χ2n) is 5.00. The van der Waals surface area contributed by atoms with Crippen LogP contribution < -0.4 is 0 Å². The highest BCUT2D eigenvalue weighted by Crippen LogP contribution is 2.49. The van der Waals surface area contributed by atoms with Crippen molar-refractivity contribution in [1.29, 1.82) is 0 Å². The molecule has 0 atom stereocenters. The van der Waals surface area contributed by atoms with E-state index in [-0.39, 0.29) is 10.6 Å².